The van der Waals surface area contributed by atoms with Crippen molar-refractivity contribution in [2.75, 3.05) is 6.61 Å². The van der Waals surface area contributed by atoms with E-state index in [0.29, 0.717) is 6.61 Å². The summed E-state index contributed by atoms with van der Waals surface area (Å²) in [7, 11) is 0. The second-order valence-electron chi connectivity index (χ2n) is 4.57. The van der Waals surface area contributed by atoms with Crippen molar-refractivity contribution in [1.29, 1.82) is 0 Å². The Balaban J connectivity index is 1.81. The SMILES string of the molecule is Cc1ccc(OCC(N)Cc2ccccc2)cc1. The fraction of sp³-hybridized carbons (Fsp3) is 0.250. The summed E-state index contributed by atoms with van der Waals surface area (Å²) in [5, 5.41) is 0. The molecule has 0 amide bonds. The summed E-state index contributed by atoms with van der Waals surface area (Å²) in [4.78, 5) is 0. The summed E-state index contributed by atoms with van der Waals surface area (Å²) in [6, 6.07) is 18.3. The lowest BCUT2D eigenvalue weighted by atomic mass is 10.1. The number of nitrogens with two attached hydrogens (primary N) is 1. The van der Waals surface area contributed by atoms with Gasteiger partial charge in [-0.05, 0) is 31.0 Å². The highest BCUT2D eigenvalue weighted by Crippen LogP contribution is 2.12. The number of aryl methyl sites for hydroxylation is 1. The van der Waals surface area contributed by atoms with Crippen LogP contribution < -0.4 is 10.5 Å². The molecule has 1 atom stereocenters. The van der Waals surface area contributed by atoms with E-state index in [1.165, 1.54) is 11.1 Å². The van der Waals surface area contributed by atoms with Crippen molar-refractivity contribution in [3.05, 3.63) is 65.7 Å². The Bertz CT molecular complexity index is 464. The largest absolute Gasteiger partial charge is 0.492 e. The van der Waals surface area contributed by atoms with Crippen LogP contribution in [0.25, 0.3) is 0 Å². The van der Waals surface area contributed by atoms with E-state index in [0.717, 1.165) is 12.2 Å². The molecule has 0 saturated heterocycles. The molecule has 0 fully saturated rings. The molecule has 1 unspecified atom stereocenters. The van der Waals surface area contributed by atoms with Crippen LogP contribution in [-0.2, 0) is 6.42 Å². The fourth-order valence-electron chi connectivity index (χ4n) is 1.81. The van der Waals surface area contributed by atoms with Crippen LogP contribution in [0.2, 0.25) is 0 Å². The van der Waals surface area contributed by atoms with Gasteiger partial charge in [0.05, 0.1) is 0 Å². The highest BCUT2D eigenvalue weighted by molar-refractivity contribution is 5.26. The molecule has 2 heteroatoms. The van der Waals surface area contributed by atoms with Crippen LogP contribution in [0.5, 0.6) is 5.75 Å². The van der Waals surface area contributed by atoms with Crippen molar-refractivity contribution in [1.82, 2.24) is 0 Å². The molecule has 94 valence electrons. The van der Waals surface area contributed by atoms with Crippen molar-refractivity contribution < 1.29 is 4.74 Å². The number of hydrogen-bond acceptors (Lipinski definition) is 2. The Hall–Kier alpha value is -1.80. The maximum atomic E-state index is 6.06. The summed E-state index contributed by atoms with van der Waals surface area (Å²) in [6.45, 7) is 2.60. The van der Waals surface area contributed by atoms with E-state index in [-0.39, 0.29) is 6.04 Å². The molecular weight excluding hydrogens is 222 g/mol. The molecule has 0 saturated carbocycles. The third-order valence-corrected chi connectivity index (χ3v) is 2.83. The quantitative estimate of drug-likeness (QED) is 0.873. The Labute approximate surface area is 108 Å². The molecule has 0 aliphatic rings. The van der Waals surface area contributed by atoms with Crippen molar-refractivity contribution in [3.8, 4) is 5.75 Å². The second-order valence-corrected chi connectivity index (χ2v) is 4.57. The molecule has 0 bridgehead atoms. The number of ether oxygens (including phenoxy) is 1. The Morgan fingerprint density at radius 2 is 1.67 bits per heavy atom. The van der Waals surface area contributed by atoms with Gasteiger partial charge in [-0.25, -0.2) is 0 Å². The van der Waals surface area contributed by atoms with Crippen LogP contribution in [0, 0.1) is 6.92 Å². The van der Waals surface area contributed by atoms with Gasteiger partial charge >= 0.3 is 0 Å². The van der Waals surface area contributed by atoms with E-state index in [2.05, 4.69) is 19.1 Å². The Kier molecular flexibility index (Phi) is 4.37. The molecular formula is C16H19NO. The van der Waals surface area contributed by atoms with Crippen molar-refractivity contribution >= 4 is 0 Å². The van der Waals surface area contributed by atoms with E-state index in [1.54, 1.807) is 0 Å². The number of hydrogen-bond donors (Lipinski definition) is 1. The molecule has 0 aliphatic heterocycles. The molecule has 0 heterocycles. The summed E-state index contributed by atoms with van der Waals surface area (Å²) in [5.74, 6) is 0.879. The number of rotatable bonds is 5. The zero-order valence-corrected chi connectivity index (χ0v) is 10.7. The standard InChI is InChI=1S/C16H19NO/c1-13-7-9-16(10-8-13)18-12-15(17)11-14-5-3-2-4-6-14/h2-10,15H,11-12,17H2,1H3. The van der Waals surface area contributed by atoms with Crippen molar-refractivity contribution in [2.45, 2.75) is 19.4 Å². The first-order valence-electron chi connectivity index (χ1n) is 6.23. The van der Waals surface area contributed by atoms with Gasteiger partial charge in [0.2, 0.25) is 0 Å². The lowest BCUT2D eigenvalue weighted by molar-refractivity contribution is 0.287. The minimum atomic E-state index is 0.0219. The van der Waals surface area contributed by atoms with Gasteiger partial charge in [0.25, 0.3) is 0 Å². The predicted molar refractivity (Wildman–Crippen MR) is 74.8 cm³/mol. The van der Waals surface area contributed by atoms with Gasteiger partial charge < -0.3 is 10.5 Å². The molecule has 2 N–H and O–H groups in total. The molecule has 2 aromatic carbocycles. The number of benzene rings is 2. The summed E-state index contributed by atoms with van der Waals surface area (Å²) in [6.07, 6.45) is 0.840. The Morgan fingerprint density at radius 3 is 2.33 bits per heavy atom. The minimum Gasteiger partial charge on any atom is -0.492 e. The maximum Gasteiger partial charge on any atom is 0.119 e. The zero-order chi connectivity index (χ0) is 12.8. The van der Waals surface area contributed by atoms with Gasteiger partial charge in [-0.1, -0.05) is 48.0 Å². The zero-order valence-electron chi connectivity index (χ0n) is 10.7. The molecule has 0 radical (unpaired) electrons. The van der Waals surface area contributed by atoms with Crippen LogP contribution in [0.4, 0.5) is 0 Å². The lowest BCUT2D eigenvalue weighted by Gasteiger charge is -2.13. The minimum absolute atomic E-state index is 0.0219. The van der Waals surface area contributed by atoms with Crippen LogP contribution in [0.1, 0.15) is 11.1 Å². The topological polar surface area (TPSA) is 35.2 Å². The first-order valence-corrected chi connectivity index (χ1v) is 6.23. The first kappa shape index (κ1) is 12.7. The third kappa shape index (κ3) is 3.90. The summed E-state index contributed by atoms with van der Waals surface area (Å²) >= 11 is 0. The lowest BCUT2D eigenvalue weighted by Crippen LogP contribution is -2.30. The monoisotopic (exact) mass is 241 g/mol. The van der Waals surface area contributed by atoms with Crippen molar-refractivity contribution in [3.63, 3.8) is 0 Å². The smallest absolute Gasteiger partial charge is 0.119 e. The van der Waals surface area contributed by atoms with E-state index in [4.69, 9.17) is 10.5 Å². The molecule has 0 spiro atoms. The van der Waals surface area contributed by atoms with Gasteiger partial charge in [-0.2, -0.15) is 0 Å². The molecule has 18 heavy (non-hydrogen) atoms. The average molecular weight is 241 g/mol. The molecule has 2 rings (SSSR count). The van der Waals surface area contributed by atoms with Gasteiger partial charge in [0, 0.05) is 6.04 Å². The normalized spacial score (nSPS) is 12.1. The highest BCUT2D eigenvalue weighted by atomic mass is 16.5. The highest BCUT2D eigenvalue weighted by Gasteiger charge is 2.04. The predicted octanol–water partition coefficient (Wildman–Crippen LogP) is 2.94. The van der Waals surface area contributed by atoms with Crippen LogP contribution in [-0.4, -0.2) is 12.6 Å². The maximum absolute atomic E-state index is 6.06. The van der Waals surface area contributed by atoms with E-state index < -0.39 is 0 Å². The first-order chi connectivity index (χ1) is 8.74. The second kappa shape index (κ2) is 6.22. The molecule has 2 nitrogen and oxygen atoms in total. The average Bonchev–Trinajstić information content (AvgIpc) is 2.39. The summed E-state index contributed by atoms with van der Waals surface area (Å²) < 4.78 is 5.67. The van der Waals surface area contributed by atoms with E-state index in [9.17, 15) is 0 Å². The van der Waals surface area contributed by atoms with Crippen LogP contribution in [0.3, 0.4) is 0 Å². The fourth-order valence-corrected chi connectivity index (χ4v) is 1.81. The molecule has 2 aromatic rings. The van der Waals surface area contributed by atoms with Crippen molar-refractivity contribution in [2.24, 2.45) is 5.73 Å². The van der Waals surface area contributed by atoms with E-state index >= 15 is 0 Å². The Morgan fingerprint density at radius 1 is 1.00 bits per heavy atom. The van der Waals surface area contributed by atoms with Crippen LogP contribution in [0.15, 0.2) is 54.6 Å². The van der Waals surface area contributed by atoms with Gasteiger partial charge in [0.15, 0.2) is 0 Å². The summed E-state index contributed by atoms with van der Waals surface area (Å²) in [5.41, 5.74) is 8.54. The van der Waals surface area contributed by atoms with Gasteiger partial charge in [0.1, 0.15) is 12.4 Å². The third-order valence-electron chi connectivity index (χ3n) is 2.83. The van der Waals surface area contributed by atoms with Gasteiger partial charge in [-0.15, -0.1) is 0 Å². The van der Waals surface area contributed by atoms with Crippen LogP contribution >= 0.6 is 0 Å². The molecule has 0 aromatic heterocycles. The molecule has 0 aliphatic carbocycles. The van der Waals surface area contributed by atoms with Gasteiger partial charge in [-0.3, -0.25) is 0 Å². The van der Waals surface area contributed by atoms with E-state index in [1.807, 2.05) is 42.5 Å².